The lowest BCUT2D eigenvalue weighted by molar-refractivity contribution is -0.137. The summed E-state index contributed by atoms with van der Waals surface area (Å²) in [4.78, 5) is 21.3. The molecule has 3 heteroatoms. The SMILES string of the molecule is CCCC(=O)CCCCCCC(=O)O. The van der Waals surface area contributed by atoms with Crippen LogP contribution < -0.4 is 0 Å². The number of rotatable bonds is 9. The first-order valence-electron chi connectivity index (χ1n) is 5.40. The van der Waals surface area contributed by atoms with Gasteiger partial charge in [-0.25, -0.2) is 0 Å². The van der Waals surface area contributed by atoms with Crippen LogP contribution >= 0.6 is 0 Å². The molecule has 1 N–H and O–H groups in total. The van der Waals surface area contributed by atoms with E-state index in [1.165, 1.54) is 0 Å². The lowest BCUT2D eigenvalue weighted by Crippen LogP contribution is -1.97. The number of hydrogen-bond acceptors (Lipinski definition) is 2. The van der Waals surface area contributed by atoms with E-state index in [0.29, 0.717) is 18.6 Å². The van der Waals surface area contributed by atoms with E-state index >= 15 is 0 Å². The molecule has 14 heavy (non-hydrogen) atoms. The van der Waals surface area contributed by atoms with Gasteiger partial charge in [0.2, 0.25) is 0 Å². The smallest absolute Gasteiger partial charge is 0.303 e. The monoisotopic (exact) mass is 200 g/mol. The van der Waals surface area contributed by atoms with Crippen LogP contribution in [0.25, 0.3) is 0 Å². The normalized spacial score (nSPS) is 10.1. The third-order valence-electron chi connectivity index (χ3n) is 2.13. The fourth-order valence-corrected chi connectivity index (χ4v) is 1.36. The number of carboxylic acid groups (broad SMARTS) is 1. The summed E-state index contributed by atoms with van der Waals surface area (Å²) < 4.78 is 0. The third kappa shape index (κ3) is 9.23. The van der Waals surface area contributed by atoms with E-state index in [9.17, 15) is 9.59 Å². The molecule has 0 rings (SSSR count). The van der Waals surface area contributed by atoms with Crippen LogP contribution in [0.5, 0.6) is 0 Å². The van der Waals surface area contributed by atoms with Crippen molar-refractivity contribution in [2.45, 2.75) is 58.3 Å². The first-order valence-corrected chi connectivity index (χ1v) is 5.40. The minimum atomic E-state index is -0.730. The molecule has 0 atom stereocenters. The van der Waals surface area contributed by atoms with Crippen molar-refractivity contribution < 1.29 is 14.7 Å². The Hall–Kier alpha value is -0.860. The second-order valence-corrected chi connectivity index (χ2v) is 3.60. The number of aliphatic carboxylic acids is 1. The standard InChI is InChI=1S/C11H20O3/c1-2-7-10(12)8-5-3-4-6-9-11(13)14/h2-9H2,1H3,(H,13,14). The van der Waals surface area contributed by atoms with E-state index in [0.717, 1.165) is 32.1 Å². The summed E-state index contributed by atoms with van der Waals surface area (Å²) in [5.74, 6) is -0.391. The predicted octanol–water partition coefficient (Wildman–Crippen LogP) is 2.78. The van der Waals surface area contributed by atoms with E-state index in [2.05, 4.69) is 0 Å². The Balaban J connectivity index is 3.13. The molecule has 0 spiro atoms. The van der Waals surface area contributed by atoms with Crippen molar-refractivity contribution in [3.05, 3.63) is 0 Å². The van der Waals surface area contributed by atoms with Gasteiger partial charge < -0.3 is 5.11 Å². The highest BCUT2D eigenvalue weighted by atomic mass is 16.4. The van der Waals surface area contributed by atoms with Crippen molar-refractivity contribution in [3.63, 3.8) is 0 Å². The van der Waals surface area contributed by atoms with Crippen LogP contribution in [0.1, 0.15) is 58.3 Å². The number of carbonyl (C=O) groups is 2. The van der Waals surface area contributed by atoms with E-state index in [-0.39, 0.29) is 6.42 Å². The van der Waals surface area contributed by atoms with Gasteiger partial charge >= 0.3 is 5.97 Å². The second kappa shape index (κ2) is 8.73. The van der Waals surface area contributed by atoms with Crippen LogP contribution in [0.3, 0.4) is 0 Å². The van der Waals surface area contributed by atoms with Gasteiger partial charge in [0.15, 0.2) is 0 Å². The quantitative estimate of drug-likeness (QED) is 0.582. The molecular formula is C11H20O3. The molecule has 0 aromatic carbocycles. The molecule has 0 aliphatic carbocycles. The minimum absolute atomic E-state index is 0.253. The Bertz CT molecular complexity index is 175. The summed E-state index contributed by atoms with van der Waals surface area (Å²) in [6, 6.07) is 0. The van der Waals surface area contributed by atoms with Crippen LogP contribution in [0, 0.1) is 0 Å². The zero-order chi connectivity index (χ0) is 10.8. The Labute approximate surface area is 85.5 Å². The van der Waals surface area contributed by atoms with Crippen molar-refractivity contribution in [1.29, 1.82) is 0 Å². The molecule has 0 aliphatic rings. The number of Topliss-reactive ketones (excluding diaryl/α,β-unsaturated/α-hetero) is 1. The fraction of sp³-hybridized carbons (Fsp3) is 0.818. The Kier molecular flexibility index (Phi) is 8.19. The van der Waals surface area contributed by atoms with E-state index < -0.39 is 5.97 Å². The van der Waals surface area contributed by atoms with Crippen LogP contribution in [0.15, 0.2) is 0 Å². The Morgan fingerprint density at radius 1 is 0.929 bits per heavy atom. The lowest BCUT2D eigenvalue weighted by atomic mass is 10.1. The topological polar surface area (TPSA) is 54.4 Å². The van der Waals surface area contributed by atoms with Gasteiger partial charge in [0.25, 0.3) is 0 Å². The number of carbonyl (C=O) groups excluding carboxylic acids is 1. The molecule has 0 bridgehead atoms. The van der Waals surface area contributed by atoms with E-state index in [1.54, 1.807) is 0 Å². The third-order valence-corrected chi connectivity index (χ3v) is 2.13. The number of unbranched alkanes of at least 4 members (excludes halogenated alkanes) is 3. The van der Waals surface area contributed by atoms with Gasteiger partial charge in [-0.2, -0.15) is 0 Å². The van der Waals surface area contributed by atoms with Crippen molar-refractivity contribution >= 4 is 11.8 Å². The molecule has 0 radical (unpaired) electrons. The van der Waals surface area contributed by atoms with Crippen LogP contribution in [0.4, 0.5) is 0 Å². The summed E-state index contributed by atoms with van der Waals surface area (Å²) in [7, 11) is 0. The van der Waals surface area contributed by atoms with Crippen LogP contribution in [-0.2, 0) is 9.59 Å². The molecular weight excluding hydrogens is 180 g/mol. The molecule has 0 amide bonds. The van der Waals surface area contributed by atoms with Crippen molar-refractivity contribution in [2.24, 2.45) is 0 Å². The van der Waals surface area contributed by atoms with Gasteiger partial charge in [-0.3, -0.25) is 9.59 Å². The van der Waals surface area contributed by atoms with Gasteiger partial charge in [0, 0.05) is 19.3 Å². The van der Waals surface area contributed by atoms with E-state index in [4.69, 9.17) is 5.11 Å². The number of carboxylic acids is 1. The van der Waals surface area contributed by atoms with Gasteiger partial charge in [0.1, 0.15) is 5.78 Å². The van der Waals surface area contributed by atoms with Gasteiger partial charge in [0.05, 0.1) is 0 Å². The average Bonchev–Trinajstić information content (AvgIpc) is 2.11. The zero-order valence-electron chi connectivity index (χ0n) is 8.92. The second-order valence-electron chi connectivity index (χ2n) is 3.60. The summed E-state index contributed by atoms with van der Waals surface area (Å²) >= 11 is 0. The summed E-state index contributed by atoms with van der Waals surface area (Å²) in [5, 5.41) is 8.37. The molecule has 0 saturated carbocycles. The highest BCUT2D eigenvalue weighted by Gasteiger charge is 2.00. The molecule has 0 heterocycles. The number of hydrogen-bond donors (Lipinski definition) is 1. The highest BCUT2D eigenvalue weighted by Crippen LogP contribution is 2.07. The van der Waals surface area contributed by atoms with E-state index in [1.807, 2.05) is 6.92 Å². The van der Waals surface area contributed by atoms with Crippen LogP contribution in [0.2, 0.25) is 0 Å². The maximum absolute atomic E-state index is 11.1. The van der Waals surface area contributed by atoms with Gasteiger partial charge in [-0.15, -0.1) is 0 Å². The van der Waals surface area contributed by atoms with Crippen LogP contribution in [-0.4, -0.2) is 16.9 Å². The maximum atomic E-state index is 11.1. The Morgan fingerprint density at radius 2 is 1.50 bits per heavy atom. The molecule has 0 unspecified atom stereocenters. The minimum Gasteiger partial charge on any atom is -0.481 e. The van der Waals surface area contributed by atoms with Gasteiger partial charge in [-0.05, 0) is 19.3 Å². The predicted molar refractivity (Wildman–Crippen MR) is 55.3 cm³/mol. The average molecular weight is 200 g/mol. The largest absolute Gasteiger partial charge is 0.481 e. The first kappa shape index (κ1) is 13.1. The molecule has 0 aliphatic heterocycles. The summed E-state index contributed by atoms with van der Waals surface area (Å²) in [6.07, 6.45) is 6.08. The van der Waals surface area contributed by atoms with Crippen molar-refractivity contribution in [3.8, 4) is 0 Å². The van der Waals surface area contributed by atoms with Crippen molar-refractivity contribution in [2.75, 3.05) is 0 Å². The molecule has 0 fully saturated rings. The maximum Gasteiger partial charge on any atom is 0.303 e. The lowest BCUT2D eigenvalue weighted by Gasteiger charge is -1.99. The number of ketones is 1. The summed E-state index contributed by atoms with van der Waals surface area (Å²) in [6.45, 7) is 2.00. The molecule has 82 valence electrons. The highest BCUT2D eigenvalue weighted by molar-refractivity contribution is 5.78. The van der Waals surface area contributed by atoms with Gasteiger partial charge in [-0.1, -0.05) is 19.8 Å². The molecule has 3 nitrogen and oxygen atoms in total. The fourth-order valence-electron chi connectivity index (χ4n) is 1.36. The molecule has 0 saturated heterocycles. The molecule has 0 aromatic heterocycles. The Morgan fingerprint density at radius 3 is 2.00 bits per heavy atom. The summed E-state index contributed by atoms with van der Waals surface area (Å²) in [5.41, 5.74) is 0. The zero-order valence-corrected chi connectivity index (χ0v) is 8.92. The van der Waals surface area contributed by atoms with Crippen molar-refractivity contribution in [1.82, 2.24) is 0 Å². The molecule has 0 aromatic rings. The first-order chi connectivity index (χ1) is 6.66.